The van der Waals surface area contributed by atoms with Gasteiger partial charge >= 0.3 is 6.09 Å². The number of nitrogens with zero attached hydrogens (tertiary/aromatic N) is 4. The van der Waals surface area contributed by atoms with Gasteiger partial charge < -0.3 is 14.9 Å². The minimum absolute atomic E-state index is 0.0110. The monoisotopic (exact) mass is 480 g/mol. The number of anilines is 1. The lowest BCUT2D eigenvalue weighted by Crippen LogP contribution is -2.48. The zero-order chi connectivity index (χ0) is 25.4. The smallest absolute Gasteiger partial charge is 0.411 e. The minimum Gasteiger partial charge on any atom is -0.465 e. The van der Waals surface area contributed by atoms with Crippen LogP contribution in [0.15, 0.2) is 48.5 Å². The van der Waals surface area contributed by atoms with Crippen LogP contribution in [-0.4, -0.2) is 84.7 Å². The number of amides is 2. The lowest BCUT2D eigenvalue weighted by Gasteiger charge is -2.40. The molecule has 2 amide bonds. The van der Waals surface area contributed by atoms with Gasteiger partial charge in [-0.2, -0.15) is 0 Å². The van der Waals surface area contributed by atoms with Crippen LogP contribution < -0.4 is 4.90 Å². The Balaban J connectivity index is 1.91. The number of benzene rings is 2. The molecule has 1 aliphatic heterocycles. The summed E-state index contributed by atoms with van der Waals surface area (Å²) in [6.45, 7) is 12.6. The molecule has 0 aliphatic carbocycles. The third-order valence-electron chi connectivity index (χ3n) is 6.98. The summed E-state index contributed by atoms with van der Waals surface area (Å²) in [7, 11) is 1.57. The maximum atomic E-state index is 12.8. The minimum atomic E-state index is -0.984. The molecule has 3 rings (SSSR count). The van der Waals surface area contributed by atoms with Crippen LogP contribution in [0.5, 0.6) is 0 Å². The van der Waals surface area contributed by atoms with Gasteiger partial charge in [0.2, 0.25) is 0 Å². The van der Waals surface area contributed by atoms with Gasteiger partial charge in [-0.25, -0.2) is 4.79 Å². The zero-order valence-corrected chi connectivity index (χ0v) is 21.6. The van der Waals surface area contributed by atoms with E-state index in [2.05, 4.69) is 34.9 Å². The second-order valence-corrected chi connectivity index (χ2v) is 9.17. The van der Waals surface area contributed by atoms with E-state index < -0.39 is 6.09 Å². The Hall–Kier alpha value is -2.90. The topological polar surface area (TPSA) is 67.3 Å². The molecule has 1 aliphatic rings. The van der Waals surface area contributed by atoms with E-state index in [1.54, 1.807) is 7.05 Å². The first kappa shape index (κ1) is 26.7. The highest BCUT2D eigenvalue weighted by Gasteiger charge is 2.27. The van der Waals surface area contributed by atoms with Crippen LogP contribution in [0.25, 0.3) is 0 Å². The summed E-state index contributed by atoms with van der Waals surface area (Å²) < 4.78 is 0. The molecule has 35 heavy (non-hydrogen) atoms. The van der Waals surface area contributed by atoms with Crippen LogP contribution in [0.2, 0.25) is 0 Å². The van der Waals surface area contributed by atoms with Crippen LogP contribution in [0.1, 0.15) is 61.1 Å². The SMILES string of the molecule is CCCCN1CCN(C(c2ccc(C(=O)N(CC)CC)cc2)c2cccc(N(C)C(=O)O)c2)CC1. The largest absolute Gasteiger partial charge is 0.465 e. The van der Waals surface area contributed by atoms with Gasteiger partial charge in [-0.15, -0.1) is 0 Å². The summed E-state index contributed by atoms with van der Waals surface area (Å²) in [5.41, 5.74) is 3.51. The van der Waals surface area contributed by atoms with Crippen molar-refractivity contribution in [2.24, 2.45) is 0 Å². The Morgan fingerprint density at radius 2 is 1.60 bits per heavy atom. The number of carboxylic acid groups (broad SMARTS) is 1. The first-order chi connectivity index (χ1) is 16.9. The molecule has 1 N–H and O–H groups in total. The highest BCUT2D eigenvalue weighted by atomic mass is 16.4. The van der Waals surface area contributed by atoms with E-state index in [9.17, 15) is 14.7 Å². The second-order valence-electron chi connectivity index (χ2n) is 9.17. The predicted octanol–water partition coefficient (Wildman–Crippen LogP) is 4.79. The van der Waals surface area contributed by atoms with Gasteiger partial charge in [0, 0.05) is 57.6 Å². The number of hydrogen-bond acceptors (Lipinski definition) is 4. The zero-order valence-electron chi connectivity index (χ0n) is 21.6. The molecule has 1 saturated heterocycles. The summed E-state index contributed by atoms with van der Waals surface area (Å²) >= 11 is 0. The summed E-state index contributed by atoms with van der Waals surface area (Å²) in [5.74, 6) is 0.0488. The molecule has 1 heterocycles. The fourth-order valence-electron chi connectivity index (χ4n) is 4.76. The van der Waals surface area contributed by atoms with Gasteiger partial charge in [0.25, 0.3) is 5.91 Å². The van der Waals surface area contributed by atoms with E-state index in [0.29, 0.717) is 24.3 Å². The van der Waals surface area contributed by atoms with Gasteiger partial charge in [-0.3, -0.25) is 14.6 Å². The predicted molar refractivity (Wildman–Crippen MR) is 141 cm³/mol. The molecule has 0 bridgehead atoms. The van der Waals surface area contributed by atoms with Gasteiger partial charge in [0.1, 0.15) is 0 Å². The quantitative estimate of drug-likeness (QED) is 0.530. The molecule has 0 radical (unpaired) electrons. The molecule has 7 nitrogen and oxygen atoms in total. The van der Waals surface area contributed by atoms with Gasteiger partial charge in [-0.05, 0) is 62.2 Å². The molecule has 1 atom stereocenters. The van der Waals surface area contributed by atoms with E-state index in [-0.39, 0.29) is 11.9 Å². The molecule has 0 spiro atoms. The molecular formula is C28H40N4O3. The molecule has 1 unspecified atom stereocenters. The Morgan fingerprint density at radius 3 is 2.17 bits per heavy atom. The van der Waals surface area contributed by atoms with Crippen molar-refractivity contribution in [2.75, 3.05) is 57.8 Å². The van der Waals surface area contributed by atoms with Gasteiger partial charge in [0.15, 0.2) is 0 Å². The molecule has 0 saturated carbocycles. The lowest BCUT2D eigenvalue weighted by atomic mass is 9.94. The molecule has 2 aromatic carbocycles. The molecule has 7 heteroatoms. The average molecular weight is 481 g/mol. The van der Waals surface area contributed by atoms with Crippen molar-refractivity contribution in [3.8, 4) is 0 Å². The molecule has 1 fully saturated rings. The number of carbonyl (C=O) groups is 2. The van der Waals surface area contributed by atoms with Crippen LogP contribution in [0.3, 0.4) is 0 Å². The number of rotatable bonds is 10. The van der Waals surface area contributed by atoms with E-state index in [1.165, 1.54) is 17.7 Å². The van der Waals surface area contributed by atoms with E-state index in [4.69, 9.17) is 0 Å². The Bertz CT molecular complexity index is 966. The highest BCUT2D eigenvalue weighted by molar-refractivity contribution is 5.94. The first-order valence-electron chi connectivity index (χ1n) is 12.8. The van der Waals surface area contributed by atoms with Crippen molar-refractivity contribution in [1.82, 2.24) is 14.7 Å². The van der Waals surface area contributed by atoms with Crippen LogP contribution in [0, 0.1) is 0 Å². The first-order valence-corrected chi connectivity index (χ1v) is 12.8. The summed E-state index contributed by atoms with van der Waals surface area (Å²) in [5, 5.41) is 9.47. The summed E-state index contributed by atoms with van der Waals surface area (Å²) in [6, 6.07) is 15.7. The van der Waals surface area contributed by atoms with Crippen molar-refractivity contribution < 1.29 is 14.7 Å². The van der Waals surface area contributed by atoms with Crippen LogP contribution in [0.4, 0.5) is 10.5 Å². The Morgan fingerprint density at radius 1 is 0.943 bits per heavy atom. The fraction of sp³-hybridized carbons (Fsp3) is 0.500. The number of piperazine rings is 1. The van der Waals surface area contributed by atoms with Crippen molar-refractivity contribution >= 4 is 17.7 Å². The van der Waals surface area contributed by atoms with Crippen molar-refractivity contribution in [3.05, 3.63) is 65.2 Å². The van der Waals surface area contributed by atoms with Crippen molar-refractivity contribution in [2.45, 2.75) is 39.7 Å². The lowest BCUT2D eigenvalue weighted by molar-refractivity contribution is 0.0773. The maximum Gasteiger partial charge on any atom is 0.411 e. The van der Waals surface area contributed by atoms with E-state index in [1.807, 2.05) is 49.1 Å². The third-order valence-corrected chi connectivity index (χ3v) is 6.98. The highest BCUT2D eigenvalue weighted by Crippen LogP contribution is 2.32. The van der Waals surface area contributed by atoms with Gasteiger partial charge in [0.05, 0.1) is 6.04 Å². The standard InChI is InChI=1S/C28H40N4O3/c1-5-8-16-30-17-19-32(20-18-30)26(24-10-9-11-25(21-24)29(4)28(34)35)22-12-14-23(15-13-22)27(33)31(6-2)7-3/h9-15,21,26H,5-8,16-20H2,1-4H3,(H,34,35). The average Bonchev–Trinajstić information content (AvgIpc) is 2.89. The molecular weight excluding hydrogens is 440 g/mol. The third kappa shape index (κ3) is 6.61. The number of unbranched alkanes of at least 4 members (excludes halogenated alkanes) is 1. The summed E-state index contributed by atoms with van der Waals surface area (Å²) in [4.78, 5) is 32.4. The van der Waals surface area contributed by atoms with Crippen molar-refractivity contribution in [3.63, 3.8) is 0 Å². The van der Waals surface area contributed by atoms with E-state index >= 15 is 0 Å². The number of carbonyl (C=O) groups excluding carboxylic acids is 1. The molecule has 0 aromatic heterocycles. The Labute approximate surface area is 209 Å². The fourth-order valence-corrected chi connectivity index (χ4v) is 4.76. The van der Waals surface area contributed by atoms with Crippen LogP contribution >= 0.6 is 0 Å². The van der Waals surface area contributed by atoms with Crippen LogP contribution in [-0.2, 0) is 0 Å². The maximum absolute atomic E-state index is 12.8. The van der Waals surface area contributed by atoms with Crippen molar-refractivity contribution in [1.29, 1.82) is 0 Å². The second kappa shape index (κ2) is 12.7. The number of hydrogen-bond donors (Lipinski definition) is 1. The van der Waals surface area contributed by atoms with Gasteiger partial charge in [-0.1, -0.05) is 37.6 Å². The summed E-state index contributed by atoms with van der Waals surface area (Å²) in [6.07, 6.45) is 1.43. The van der Waals surface area contributed by atoms with E-state index in [0.717, 1.165) is 43.9 Å². The molecule has 2 aromatic rings. The molecule has 190 valence electrons. The Kier molecular flexibility index (Phi) is 9.69. The normalized spacial score (nSPS) is 15.5.